The molecule has 0 bridgehead atoms. The van der Waals surface area contributed by atoms with Crippen LogP contribution in [0, 0.1) is 11.6 Å². The molecule has 0 aliphatic carbocycles. The van der Waals surface area contributed by atoms with Crippen molar-refractivity contribution in [2.75, 3.05) is 17.7 Å². The molecule has 3 aromatic rings. The minimum absolute atomic E-state index is 0.00845. The Morgan fingerprint density at radius 1 is 1.08 bits per heavy atom. The highest BCUT2D eigenvalue weighted by Gasteiger charge is 2.14. The number of pyridine rings is 1. The zero-order valence-electron chi connectivity index (χ0n) is 14.1. The van der Waals surface area contributed by atoms with E-state index in [1.54, 1.807) is 36.2 Å². The van der Waals surface area contributed by atoms with Gasteiger partial charge in [-0.15, -0.1) is 0 Å². The standard InChI is InChI=1S/C19H18F2N4O/c1-25(17-6-3-12(20)8-15(17)21)13-4-7-18(26)14(9-13)16-5-2-11(10-22)19(23)24-16/h2-9,26H,10,22H2,1H3,(H2,23,24). The van der Waals surface area contributed by atoms with Crippen LogP contribution in [-0.4, -0.2) is 17.1 Å². The third-order valence-corrected chi connectivity index (χ3v) is 4.15. The molecule has 0 amide bonds. The van der Waals surface area contributed by atoms with Gasteiger partial charge in [0.25, 0.3) is 0 Å². The highest BCUT2D eigenvalue weighted by atomic mass is 19.1. The van der Waals surface area contributed by atoms with E-state index in [2.05, 4.69) is 4.98 Å². The summed E-state index contributed by atoms with van der Waals surface area (Å²) in [7, 11) is 1.64. The van der Waals surface area contributed by atoms with E-state index in [1.807, 2.05) is 0 Å². The van der Waals surface area contributed by atoms with Crippen LogP contribution in [0.2, 0.25) is 0 Å². The lowest BCUT2D eigenvalue weighted by Crippen LogP contribution is -2.11. The number of nitrogen functional groups attached to an aromatic ring is 1. The molecule has 0 aliphatic rings. The zero-order chi connectivity index (χ0) is 18.8. The van der Waals surface area contributed by atoms with Crippen LogP contribution < -0.4 is 16.4 Å². The maximum absolute atomic E-state index is 14.1. The van der Waals surface area contributed by atoms with Crippen molar-refractivity contribution in [3.8, 4) is 17.0 Å². The summed E-state index contributed by atoms with van der Waals surface area (Å²) in [5.41, 5.74) is 13.9. The molecule has 0 saturated carbocycles. The molecule has 7 heteroatoms. The molecule has 0 saturated heterocycles. The van der Waals surface area contributed by atoms with Gasteiger partial charge in [-0.3, -0.25) is 0 Å². The van der Waals surface area contributed by atoms with E-state index < -0.39 is 11.6 Å². The summed E-state index contributed by atoms with van der Waals surface area (Å²) < 4.78 is 27.2. The van der Waals surface area contributed by atoms with Crippen molar-refractivity contribution >= 4 is 17.2 Å². The molecule has 0 spiro atoms. The Morgan fingerprint density at radius 3 is 2.50 bits per heavy atom. The molecule has 1 heterocycles. The molecule has 0 fully saturated rings. The van der Waals surface area contributed by atoms with Crippen molar-refractivity contribution in [2.24, 2.45) is 5.73 Å². The third-order valence-electron chi connectivity index (χ3n) is 4.15. The minimum atomic E-state index is -0.684. The maximum atomic E-state index is 14.1. The predicted octanol–water partition coefficient (Wildman–Crippen LogP) is 3.54. The summed E-state index contributed by atoms with van der Waals surface area (Å²) in [5.74, 6) is -1.04. The number of rotatable bonds is 4. The van der Waals surface area contributed by atoms with Gasteiger partial charge in [-0.1, -0.05) is 6.07 Å². The van der Waals surface area contributed by atoms with E-state index in [0.29, 0.717) is 22.5 Å². The number of aromatic hydroxyl groups is 1. The van der Waals surface area contributed by atoms with Crippen molar-refractivity contribution in [3.05, 3.63) is 65.7 Å². The number of nitrogens with zero attached hydrogens (tertiary/aromatic N) is 2. The summed E-state index contributed by atoms with van der Waals surface area (Å²) in [6.07, 6.45) is 0. The first kappa shape index (κ1) is 17.6. The molecule has 0 unspecified atom stereocenters. The van der Waals surface area contributed by atoms with Gasteiger partial charge in [-0.25, -0.2) is 13.8 Å². The number of anilines is 3. The number of hydrogen-bond donors (Lipinski definition) is 3. The number of hydrogen-bond acceptors (Lipinski definition) is 5. The lowest BCUT2D eigenvalue weighted by atomic mass is 10.1. The number of nitrogens with two attached hydrogens (primary N) is 2. The first-order chi connectivity index (χ1) is 12.4. The van der Waals surface area contributed by atoms with Crippen LogP contribution in [0.25, 0.3) is 11.3 Å². The summed E-state index contributed by atoms with van der Waals surface area (Å²) >= 11 is 0. The smallest absolute Gasteiger partial charge is 0.149 e. The molecule has 2 aromatic carbocycles. The molecule has 26 heavy (non-hydrogen) atoms. The van der Waals surface area contributed by atoms with Crippen LogP contribution in [0.15, 0.2) is 48.5 Å². The summed E-state index contributed by atoms with van der Waals surface area (Å²) in [4.78, 5) is 5.82. The van der Waals surface area contributed by atoms with E-state index in [-0.39, 0.29) is 23.8 Å². The van der Waals surface area contributed by atoms with Gasteiger partial charge in [0.2, 0.25) is 0 Å². The predicted molar refractivity (Wildman–Crippen MR) is 98.1 cm³/mol. The average molecular weight is 356 g/mol. The van der Waals surface area contributed by atoms with Gasteiger partial charge < -0.3 is 21.5 Å². The van der Waals surface area contributed by atoms with E-state index >= 15 is 0 Å². The van der Waals surface area contributed by atoms with Crippen molar-refractivity contribution in [1.82, 2.24) is 4.98 Å². The topological polar surface area (TPSA) is 88.4 Å². The Bertz CT molecular complexity index is 962. The first-order valence-electron chi connectivity index (χ1n) is 7.88. The van der Waals surface area contributed by atoms with Crippen LogP contribution in [0.1, 0.15) is 5.56 Å². The van der Waals surface area contributed by atoms with E-state index in [9.17, 15) is 13.9 Å². The summed E-state index contributed by atoms with van der Waals surface area (Å²) in [6, 6.07) is 11.6. The van der Waals surface area contributed by atoms with Crippen molar-refractivity contribution in [2.45, 2.75) is 6.54 Å². The molecular formula is C19H18F2N4O. The van der Waals surface area contributed by atoms with Crippen LogP contribution in [0.5, 0.6) is 5.75 Å². The van der Waals surface area contributed by atoms with Gasteiger partial charge in [0.1, 0.15) is 23.2 Å². The molecule has 5 N–H and O–H groups in total. The fraction of sp³-hybridized carbons (Fsp3) is 0.105. The Balaban J connectivity index is 2.03. The zero-order valence-corrected chi connectivity index (χ0v) is 14.1. The highest BCUT2D eigenvalue weighted by molar-refractivity contribution is 5.75. The largest absolute Gasteiger partial charge is 0.507 e. The monoisotopic (exact) mass is 356 g/mol. The van der Waals surface area contributed by atoms with Gasteiger partial charge in [0, 0.05) is 36.5 Å². The van der Waals surface area contributed by atoms with Crippen LogP contribution in [0.4, 0.5) is 26.0 Å². The van der Waals surface area contributed by atoms with Crippen molar-refractivity contribution in [3.63, 3.8) is 0 Å². The Kier molecular flexibility index (Phi) is 4.73. The maximum Gasteiger partial charge on any atom is 0.149 e. The molecule has 5 nitrogen and oxygen atoms in total. The van der Waals surface area contributed by atoms with Crippen molar-refractivity contribution < 1.29 is 13.9 Å². The van der Waals surface area contributed by atoms with E-state index in [0.717, 1.165) is 6.07 Å². The summed E-state index contributed by atoms with van der Waals surface area (Å²) in [5, 5.41) is 10.2. The number of halogens is 2. The van der Waals surface area contributed by atoms with E-state index in [4.69, 9.17) is 11.5 Å². The lowest BCUT2D eigenvalue weighted by Gasteiger charge is -2.21. The highest BCUT2D eigenvalue weighted by Crippen LogP contribution is 2.35. The van der Waals surface area contributed by atoms with Gasteiger partial charge in [-0.2, -0.15) is 0 Å². The lowest BCUT2D eigenvalue weighted by molar-refractivity contribution is 0.477. The number of phenolic OH excluding ortho intramolecular Hbond substituents is 1. The van der Waals surface area contributed by atoms with Gasteiger partial charge in [0.15, 0.2) is 0 Å². The molecule has 0 radical (unpaired) electrons. The molecular weight excluding hydrogens is 338 g/mol. The Morgan fingerprint density at radius 2 is 1.85 bits per heavy atom. The second-order valence-electron chi connectivity index (χ2n) is 5.80. The molecule has 1 aromatic heterocycles. The fourth-order valence-electron chi connectivity index (χ4n) is 2.66. The average Bonchev–Trinajstić information content (AvgIpc) is 2.61. The first-order valence-corrected chi connectivity index (χ1v) is 7.88. The second-order valence-corrected chi connectivity index (χ2v) is 5.80. The molecule has 3 rings (SSSR count). The van der Waals surface area contributed by atoms with Gasteiger partial charge >= 0.3 is 0 Å². The number of benzene rings is 2. The minimum Gasteiger partial charge on any atom is -0.507 e. The second kappa shape index (κ2) is 6.97. The van der Waals surface area contributed by atoms with Crippen molar-refractivity contribution in [1.29, 1.82) is 0 Å². The number of aromatic nitrogens is 1. The Hall–Kier alpha value is -3.19. The fourth-order valence-corrected chi connectivity index (χ4v) is 2.66. The quantitative estimate of drug-likeness (QED) is 0.665. The molecule has 0 atom stereocenters. The van der Waals surface area contributed by atoms with Gasteiger partial charge in [-0.05, 0) is 36.4 Å². The molecule has 134 valence electrons. The Labute approximate surface area is 149 Å². The van der Waals surface area contributed by atoms with Crippen LogP contribution in [0.3, 0.4) is 0 Å². The van der Waals surface area contributed by atoms with Gasteiger partial charge in [0.05, 0.1) is 11.4 Å². The normalized spacial score (nSPS) is 10.8. The van der Waals surface area contributed by atoms with E-state index in [1.165, 1.54) is 18.2 Å². The van der Waals surface area contributed by atoms with Crippen LogP contribution >= 0.6 is 0 Å². The third kappa shape index (κ3) is 3.29. The SMILES string of the molecule is CN(c1ccc(O)c(-c2ccc(CN)c(N)n2)c1)c1ccc(F)cc1F. The number of phenols is 1. The summed E-state index contributed by atoms with van der Waals surface area (Å²) in [6.45, 7) is 0.262. The van der Waals surface area contributed by atoms with Crippen LogP contribution in [-0.2, 0) is 6.54 Å². The molecule has 0 aliphatic heterocycles.